The lowest BCUT2D eigenvalue weighted by molar-refractivity contribution is -0.214. The van der Waals surface area contributed by atoms with Crippen LogP contribution in [-0.4, -0.2) is 28.1 Å². The second-order valence-corrected chi connectivity index (χ2v) is 15.0. The van der Waals surface area contributed by atoms with Crippen LogP contribution >= 0.6 is 0 Å². The summed E-state index contributed by atoms with van der Waals surface area (Å²) < 4.78 is 0. The van der Waals surface area contributed by atoms with Crippen molar-refractivity contribution < 1.29 is 19.8 Å². The van der Waals surface area contributed by atoms with Crippen molar-refractivity contribution in [1.29, 1.82) is 0 Å². The van der Waals surface area contributed by atoms with E-state index in [-0.39, 0.29) is 33.9 Å². The molecule has 4 heteroatoms. The summed E-state index contributed by atoms with van der Waals surface area (Å²) in [6, 6.07) is 0. The van der Waals surface area contributed by atoms with Crippen LogP contribution < -0.4 is 0 Å². The maximum absolute atomic E-state index is 14.2. The minimum atomic E-state index is -1.20. The summed E-state index contributed by atoms with van der Waals surface area (Å²) in [7, 11) is 0. The SMILES string of the molecule is CC1(C)CC[C@]2(C)CC[C@]3(C)C(=CC(=O)[C@@H]4[C@@]5(C)CC[C@H](O)C(C)(C(=O)O)C5CC[C@]43C)[C@H]2C1. The number of carbonyl (C=O) groups excluding carboxylic acids is 1. The number of fused-ring (bicyclic) bond motifs is 7. The summed E-state index contributed by atoms with van der Waals surface area (Å²) >= 11 is 0. The summed E-state index contributed by atoms with van der Waals surface area (Å²) in [6.07, 6.45) is 10.00. The van der Waals surface area contributed by atoms with E-state index in [0.29, 0.717) is 17.8 Å². The number of aliphatic carboxylic acids is 1. The summed E-state index contributed by atoms with van der Waals surface area (Å²) in [5.74, 6) is -0.592. The van der Waals surface area contributed by atoms with Gasteiger partial charge in [-0.05, 0) is 110 Å². The Labute approximate surface area is 206 Å². The lowest BCUT2D eigenvalue weighted by Gasteiger charge is -2.70. The largest absolute Gasteiger partial charge is 0.481 e. The molecule has 0 aromatic rings. The fraction of sp³-hybridized carbons (Fsp3) is 0.867. The van der Waals surface area contributed by atoms with Gasteiger partial charge in [-0.3, -0.25) is 9.59 Å². The van der Waals surface area contributed by atoms with Gasteiger partial charge >= 0.3 is 5.97 Å². The molecule has 0 saturated heterocycles. The van der Waals surface area contributed by atoms with Crippen LogP contribution in [0.25, 0.3) is 0 Å². The molecule has 5 aliphatic carbocycles. The smallest absolute Gasteiger partial charge is 0.312 e. The van der Waals surface area contributed by atoms with Crippen LogP contribution in [0, 0.1) is 50.2 Å². The number of aliphatic hydroxyl groups excluding tert-OH is 1. The van der Waals surface area contributed by atoms with Gasteiger partial charge in [-0.1, -0.05) is 47.1 Å². The van der Waals surface area contributed by atoms with Crippen LogP contribution in [0.15, 0.2) is 11.6 Å². The molecule has 0 aromatic heterocycles. The fourth-order valence-corrected chi connectivity index (χ4v) is 10.3. The third-order valence-electron chi connectivity index (χ3n) is 12.9. The van der Waals surface area contributed by atoms with Crippen molar-refractivity contribution >= 4 is 11.8 Å². The third-order valence-corrected chi connectivity index (χ3v) is 12.9. The Morgan fingerprint density at radius 3 is 2.21 bits per heavy atom. The Hall–Kier alpha value is -1.16. The Morgan fingerprint density at radius 1 is 0.912 bits per heavy atom. The molecule has 4 saturated carbocycles. The molecule has 4 nitrogen and oxygen atoms in total. The predicted molar refractivity (Wildman–Crippen MR) is 133 cm³/mol. The van der Waals surface area contributed by atoms with Crippen LogP contribution in [0.1, 0.15) is 106 Å². The molecule has 190 valence electrons. The average Bonchev–Trinajstić information content (AvgIpc) is 2.73. The molecule has 34 heavy (non-hydrogen) atoms. The van der Waals surface area contributed by atoms with E-state index in [1.807, 2.05) is 0 Å². The second kappa shape index (κ2) is 6.99. The molecule has 2 N–H and O–H groups in total. The van der Waals surface area contributed by atoms with Gasteiger partial charge in [0, 0.05) is 5.92 Å². The minimum absolute atomic E-state index is 0.0349. The Bertz CT molecular complexity index is 965. The first-order chi connectivity index (χ1) is 15.6. The van der Waals surface area contributed by atoms with Crippen molar-refractivity contribution in [2.45, 2.75) is 112 Å². The molecule has 2 unspecified atom stereocenters. The molecule has 5 aliphatic rings. The van der Waals surface area contributed by atoms with Gasteiger partial charge in [-0.15, -0.1) is 0 Å². The van der Waals surface area contributed by atoms with E-state index in [9.17, 15) is 19.8 Å². The maximum atomic E-state index is 14.2. The summed E-state index contributed by atoms with van der Waals surface area (Å²) in [5, 5.41) is 21.1. The van der Waals surface area contributed by atoms with E-state index < -0.39 is 22.9 Å². The maximum Gasteiger partial charge on any atom is 0.312 e. The highest BCUT2D eigenvalue weighted by Gasteiger charge is 2.71. The highest BCUT2D eigenvalue weighted by molar-refractivity contribution is 5.96. The van der Waals surface area contributed by atoms with Crippen LogP contribution in [-0.2, 0) is 9.59 Å². The van der Waals surface area contributed by atoms with Gasteiger partial charge in [0.05, 0.1) is 11.5 Å². The number of carboxylic acids is 1. The monoisotopic (exact) mass is 470 g/mol. The van der Waals surface area contributed by atoms with Gasteiger partial charge in [0.1, 0.15) is 0 Å². The molecule has 9 atom stereocenters. The molecule has 0 aliphatic heterocycles. The van der Waals surface area contributed by atoms with Gasteiger partial charge in [-0.2, -0.15) is 0 Å². The first-order valence-corrected chi connectivity index (χ1v) is 13.7. The topological polar surface area (TPSA) is 74.6 Å². The van der Waals surface area contributed by atoms with Crippen molar-refractivity contribution in [3.8, 4) is 0 Å². The van der Waals surface area contributed by atoms with E-state index in [4.69, 9.17) is 0 Å². The highest BCUT2D eigenvalue weighted by atomic mass is 16.4. The predicted octanol–water partition coefficient (Wildman–Crippen LogP) is 6.41. The number of ketones is 1. The normalized spacial score (nSPS) is 54.1. The summed E-state index contributed by atoms with van der Waals surface area (Å²) in [6.45, 7) is 16.0. The van der Waals surface area contributed by atoms with Crippen LogP contribution in [0.4, 0.5) is 0 Å². The van der Waals surface area contributed by atoms with Crippen molar-refractivity contribution in [2.24, 2.45) is 50.2 Å². The first kappa shape index (κ1) is 24.5. The van der Waals surface area contributed by atoms with Gasteiger partial charge in [0.15, 0.2) is 5.78 Å². The third kappa shape index (κ3) is 2.81. The zero-order chi connectivity index (χ0) is 25.1. The quantitative estimate of drug-likeness (QED) is 0.464. The minimum Gasteiger partial charge on any atom is -0.481 e. The summed E-state index contributed by atoms with van der Waals surface area (Å²) in [4.78, 5) is 26.7. The highest BCUT2D eigenvalue weighted by Crippen LogP contribution is 2.75. The number of allylic oxidation sites excluding steroid dienone is 2. The number of carbonyl (C=O) groups is 2. The van der Waals surface area contributed by atoms with Gasteiger partial charge in [0.25, 0.3) is 0 Å². The molecule has 0 amide bonds. The van der Waals surface area contributed by atoms with Crippen LogP contribution in [0.5, 0.6) is 0 Å². The fourth-order valence-electron chi connectivity index (χ4n) is 10.3. The lowest BCUT2D eigenvalue weighted by Crippen LogP contribution is -2.67. The molecule has 0 spiro atoms. The molecule has 0 radical (unpaired) electrons. The average molecular weight is 471 g/mol. The van der Waals surface area contributed by atoms with E-state index in [1.54, 1.807) is 6.92 Å². The Balaban J connectivity index is 1.64. The lowest BCUT2D eigenvalue weighted by atomic mass is 9.33. The van der Waals surface area contributed by atoms with Crippen LogP contribution in [0.2, 0.25) is 0 Å². The van der Waals surface area contributed by atoms with Gasteiger partial charge < -0.3 is 10.2 Å². The molecule has 5 rings (SSSR count). The molecule has 0 aromatic carbocycles. The Kier molecular flexibility index (Phi) is 5.04. The molecule has 0 bridgehead atoms. The van der Waals surface area contributed by atoms with Crippen molar-refractivity contribution in [1.82, 2.24) is 0 Å². The van der Waals surface area contributed by atoms with E-state index in [1.165, 1.54) is 24.8 Å². The number of rotatable bonds is 1. The molecular weight excluding hydrogens is 424 g/mol. The van der Waals surface area contributed by atoms with Crippen molar-refractivity contribution in [3.63, 3.8) is 0 Å². The standard InChI is InChI=1S/C30H46O4/c1-25(2)12-13-26(3)14-15-28(5)18(19(26)17-25)16-20(31)23-27(4)10-9-22(32)30(7,24(33)34)21(27)8-11-29(23,28)6/h16,19,21-23,32H,8-15,17H2,1-7H3,(H,33,34)/t19-,21?,22+,23-,26-,27+,28-,29-,30?/m1/s1. The number of hydrogen-bond donors (Lipinski definition) is 2. The van der Waals surface area contributed by atoms with E-state index in [2.05, 4.69) is 47.6 Å². The van der Waals surface area contributed by atoms with Gasteiger partial charge in [0.2, 0.25) is 0 Å². The molecule has 0 heterocycles. The zero-order valence-corrected chi connectivity index (χ0v) is 22.5. The zero-order valence-electron chi connectivity index (χ0n) is 22.5. The second-order valence-electron chi connectivity index (χ2n) is 15.0. The van der Waals surface area contributed by atoms with Crippen LogP contribution in [0.3, 0.4) is 0 Å². The van der Waals surface area contributed by atoms with Crippen molar-refractivity contribution in [3.05, 3.63) is 11.6 Å². The Morgan fingerprint density at radius 2 is 1.56 bits per heavy atom. The summed E-state index contributed by atoms with van der Waals surface area (Å²) in [5.41, 5.74) is 0.179. The number of carboxylic acid groups (broad SMARTS) is 1. The molecular formula is C30H46O4. The van der Waals surface area contributed by atoms with E-state index >= 15 is 0 Å². The molecule has 4 fully saturated rings. The van der Waals surface area contributed by atoms with E-state index in [0.717, 1.165) is 32.1 Å². The van der Waals surface area contributed by atoms with Gasteiger partial charge in [-0.25, -0.2) is 0 Å². The number of aliphatic hydroxyl groups is 1. The number of hydrogen-bond acceptors (Lipinski definition) is 3. The van der Waals surface area contributed by atoms with Crippen molar-refractivity contribution in [2.75, 3.05) is 0 Å². The first-order valence-electron chi connectivity index (χ1n) is 13.7.